The lowest BCUT2D eigenvalue weighted by molar-refractivity contribution is -0.122. The molecule has 206 valence electrons. The number of anilines is 1. The van der Waals surface area contributed by atoms with Crippen LogP contribution in [0.5, 0.6) is 0 Å². The van der Waals surface area contributed by atoms with E-state index in [-0.39, 0.29) is 22.5 Å². The average Bonchev–Trinajstić information content (AvgIpc) is 2.97. The lowest BCUT2D eigenvalue weighted by Crippen LogP contribution is -2.46. The molecule has 8 nitrogen and oxygen atoms in total. The second kappa shape index (κ2) is 13.4. The Hall–Kier alpha value is -3.69. The van der Waals surface area contributed by atoms with Gasteiger partial charge in [0.05, 0.1) is 23.9 Å². The van der Waals surface area contributed by atoms with Gasteiger partial charge in [-0.05, 0) is 61.7 Å². The molecule has 2 amide bonds. The summed E-state index contributed by atoms with van der Waals surface area (Å²) in [7, 11) is -3.60. The Bertz CT molecular complexity index is 1330. The lowest BCUT2D eigenvalue weighted by atomic mass is 10.1. The zero-order valence-corrected chi connectivity index (χ0v) is 22.9. The summed E-state index contributed by atoms with van der Waals surface area (Å²) in [5.41, 5.74) is 2.34. The maximum Gasteiger partial charge on any atom is 0.254 e. The Morgan fingerprint density at radius 2 is 1.51 bits per heavy atom. The van der Waals surface area contributed by atoms with Crippen molar-refractivity contribution in [3.05, 3.63) is 96.1 Å². The molecule has 3 aromatic carbocycles. The topological polar surface area (TPSA) is 105 Å². The first-order chi connectivity index (χ1) is 18.8. The number of hydrogen-bond donors (Lipinski definition) is 2. The van der Waals surface area contributed by atoms with Gasteiger partial charge < -0.3 is 20.3 Å². The molecule has 1 aliphatic heterocycles. The molecule has 0 unspecified atom stereocenters. The molecule has 1 heterocycles. The summed E-state index contributed by atoms with van der Waals surface area (Å²) in [5.74, 6) is -0.540. The Morgan fingerprint density at radius 1 is 0.897 bits per heavy atom. The van der Waals surface area contributed by atoms with Crippen LogP contribution in [0, 0.1) is 0 Å². The first-order valence-corrected chi connectivity index (χ1v) is 14.8. The average molecular weight is 550 g/mol. The molecule has 0 aliphatic carbocycles. The number of amides is 2. The first-order valence-electron chi connectivity index (χ1n) is 13.2. The largest absolute Gasteiger partial charge is 0.378 e. The molecular weight excluding hydrogens is 514 g/mol. The van der Waals surface area contributed by atoms with E-state index in [1.807, 2.05) is 30.3 Å². The zero-order valence-electron chi connectivity index (χ0n) is 22.1. The number of aryl methyl sites for hydroxylation is 1. The first kappa shape index (κ1) is 28.3. The molecule has 0 aromatic heterocycles. The van der Waals surface area contributed by atoms with E-state index in [0.717, 1.165) is 5.56 Å². The molecule has 9 heteroatoms. The molecule has 4 rings (SSSR count). The third kappa shape index (κ3) is 8.15. The van der Waals surface area contributed by atoms with Crippen LogP contribution in [0.4, 0.5) is 5.69 Å². The monoisotopic (exact) mass is 549 g/mol. The van der Waals surface area contributed by atoms with E-state index < -0.39 is 21.9 Å². The highest BCUT2D eigenvalue weighted by Gasteiger charge is 2.25. The van der Waals surface area contributed by atoms with Crippen LogP contribution in [0.25, 0.3) is 0 Å². The van der Waals surface area contributed by atoms with E-state index in [9.17, 15) is 18.0 Å². The van der Waals surface area contributed by atoms with Crippen LogP contribution in [0.15, 0.2) is 89.8 Å². The number of nitrogens with zero attached hydrogens (tertiary/aromatic N) is 1. The minimum Gasteiger partial charge on any atom is -0.378 e. The van der Waals surface area contributed by atoms with E-state index in [0.29, 0.717) is 50.4 Å². The van der Waals surface area contributed by atoms with Crippen LogP contribution >= 0.6 is 0 Å². The van der Waals surface area contributed by atoms with Gasteiger partial charge in [0.25, 0.3) is 5.91 Å². The smallest absolute Gasteiger partial charge is 0.254 e. The van der Waals surface area contributed by atoms with Gasteiger partial charge in [0.2, 0.25) is 5.91 Å². The number of carbonyl (C=O) groups excluding carboxylic acids is 2. The number of hydrogen-bond acceptors (Lipinski definition) is 6. The minimum atomic E-state index is -3.60. The Balaban J connectivity index is 1.39. The van der Waals surface area contributed by atoms with E-state index in [1.54, 1.807) is 66.4 Å². The lowest BCUT2D eigenvalue weighted by Gasteiger charge is -2.27. The number of rotatable bonds is 11. The van der Waals surface area contributed by atoms with E-state index in [1.165, 1.54) is 0 Å². The fraction of sp³-hybridized carbons (Fsp3) is 0.333. The fourth-order valence-corrected chi connectivity index (χ4v) is 6.02. The molecule has 2 atom stereocenters. The van der Waals surface area contributed by atoms with Gasteiger partial charge in [-0.15, -0.1) is 0 Å². The Kier molecular flexibility index (Phi) is 9.73. The second-order valence-electron chi connectivity index (χ2n) is 9.67. The highest BCUT2D eigenvalue weighted by atomic mass is 32.2. The highest BCUT2D eigenvalue weighted by Crippen LogP contribution is 2.16. The normalized spacial score (nSPS) is 15.3. The van der Waals surface area contributed by atoms with E-state index in [2.05, 4.69) is 10.6 Å². The molecule has 1 fully saturated rings. The van der Waals surface area contributed by atoms with Crippen LogP contribution in [-0.2, 0) is 25.8 Å². The van der Waals surface area contributed by atoms with Gasteiger partial charge in [-0.2, -0.15) is 0 Å². The number of morpholine rings is 1. The number of carbonyl (C=O) groups is 2. The summed E-state index contributed by atoms with van der Waals surface area (Å²) in [6.45, 7) is 3.94. The quantitative estimate of drug-likeness (QED) is 0.379. The van der Waals surface area contributed by atoms with Crippen molar-refractivity contribution in [3.8, 4) is 0 Å². The fourth-order valence-electron chi connectivity index (χ4n) is 4.47. The predicted octanol–water partition coefficient (Wildman–Crippen LogP) is 3.55. The van der Waals surface area contributed by atoms with Gasteiger partial charge in [-0.25, -0.2) is 8.42 Å². The van der Waals surface area contributed by atoms with Crippen molar-refractivity contribution in [2.45, 2.75) is 36.7 Å². The van der Waals surface area contributed by atoms with Crippen LogP contribution in [-0.4, -0.2) is 69.3 Å². The van der Waals surface area contributed by atoms with Crippen molar-refractivity contribution < 1.29 is 22.7 Å². The molecule has 39 heavy (non-hydrogen) atoms. The molecule has 0 saturated carbocycles. The standard InChI is InChI=1S/C30H35N3O5S/c1-23(31-26-16-13-25(14-17-26)30(35)33-18-20-38-21-19-33)29(34)32-27(15-12-24-8-4-2-5-9-24)22-39(36,37)28-10-6-3-7-11-28/h2-11,13-14,16-17,23,27,31H,12,15,18-22H2,1H3,(H,32,34)/t23-,27-/m0/s1. The number of benzene rings is 3. The van der Waals surface area contributed by atoms with Crippen LogP contribution in [0.2, 0.25) is 0 Å². The van der Waals surface area contributed by atoms with Crippen molar-refractivity contribution in [1.82, 2.24) is 10.2 Å². The van der Waals surface area contributed by atoms with E-state index >= 15 is 0 Å². The SMILES string of the molecule is C[C@H](Nc1ccc(C(=O)N2CCOCC2)cc1)C(=O)N[C@@H](CCc1ccccc1)CS(=O)(=O)c1ccccc1. The third-order valence-corrected chi connectivity index (χ3v) is 8.53. The van der Waals surface area contributed by atoms with Gasteiger partial charge in [0, 0.05) is 30.4 Å². The van der Waals surface area contributed by atoms with Gasteiger partial charge in [-0.3, -0.25) is 9.59 Å². The van der Waals surface area contributed by atoms with Crippen LogP contribution < -0.4 is 10.6 Å². The summed E-state index contributed by atoms with van der Waals surface area (Å²) in [6.07, 6.45) is 1.11. The molecular formula is C30H35N3O5S. The van der Waals surface area contributed by atoms with Gasteiger partial charge >= 0.3 is 0 Å². The zero-order chi connectivity index (χ0) is 27.7. The molecule has 0 spiro atoms. The molecule has 2 N–H and O–H groups in total. The van der Waals surface area contributed by atoms with E-state index in [4.69, 9.17) is 4.74 Å². The van der Waals surface area contributed by atoms with Crippen molar-refractivity contribution in [3.63, 3.8) is 0 Å². The minimum absolute atomic E-state index is 0.0449. The van der Waals surface area contributed by atoms with Crippen molar-refractivity contribution in [1.29, 1.82) is 0 Å². The van der Waals surface area contributed by atoms with Crippen molar-refractivity contribution in [2.75, 3.05) is 37.4 Å². The second-order valence-corrected chi connectivity index (χ2v) is 11.7. The molecule has 3 aromatic rings. The summed E-state index contributed by atoms with van der Waals surface area (Å²) in [5, 5.41) is 6.11. The molecule has 0 radical (unpaired) electrons. The number of nitrogens with one attached hydrogen (secondary N) is 2. The van der Waals surface area contributed by atoms with Crippen molar-refractivity contribution >= 4 is 27.3 Å². The number of sulfone groups is 1. The maximum absolute atomic E-state index is 13.1. The Morgan fingerprint density at radius 3 is 2.15 bits per heavy atom. The predicted molar refractivity (Wildman–Crippen MR) is 151 cm³/mol. The van der Waals surface area contributed by atoms with Crippen LogP contribution in [0.3, 0.4) is 0 Å². The number of ether oxygens (including phenoxy) is 1. The molecule has 0 bridgehead atoms. The van der Waals surface area contributed by atoms with Crippen LogP contribution in [0.1, 0.15) is 29.3 Å². The van der Waals surface area contributed by atoms with Gasteiger partial charge in [-0.1, -0.05) is 48.5 Å². The molecule has 1 saturated heterocycles. The summed E-state index contributed by atoms with van der Waals surface area (Å²) in [6, 6.07) is 23.9. The Labute approximate surface area is 230 Å². The van der Waals surface area contributed by atoms with Gasteiger partial charge in [0.15, 0.2) is 9.84 Å². The summed E-state index contributed by atoms with van der Waals surface area (Å²) < 4.78 is 31.5. The van der Waals surface area contributed by atoms with Gasteiger partial charge in [0.1, 0.15) is 6.04 Å². The molecule has 1 aliphatic rings. The highest BCUT2D eigenvalue weighted by molar-refractivity contribution is 7.91. The maximum atomic E-state index is 13.1. The third-order valence-electron chi connectivity index (χ3n) is 6.70. The summed E-state index contributed by atoms with van der Waals surface area (Å²) in [4.78, 5) is 27.8. The summed E-state index contributed by atoms with van der Waals surface area (Å²) >= 11 is 0. The van der Waals surface area contributed by atoms with Crippen molar-refractivity contribution in [2.24, 2.45) is 0 Å².